The lowest BCUT2D eigenvalue weighted by molar-refractivity contribution is 0.346. The average molecular weight is 276 g/mol. The zero-order chi connectivity index (χ0) is 14.5. The molecule has 0 saturated heterocycles. The van der Waals surface area contributed by atoms with Crippen LogP contribution in [-0.4, -0.2) is 23.8 Å². The van der Waals surface area contributed by atoms with Crippen molar-refractivity contribution in [1.29, 1.82) is 0 Å². The fourth-order valence-electron chi connectivity index (χ4n) is 2.22. The molecule has 1 heterocycles. The Balaban J connectivity index is 2.34. The first-order chi connectivity index (χ1) is 9.71. The maximum atomic E-state index is 5.70. The summed E-state index contributed by atoms with van der Waals surface area (Å²) in [5, 5.41) is 0. The van der Waals surface area contributed by atoms with E-state index in [0.29, 0.717) is 17.9 Å². The van der Waals surface area contributed by atoms with Gasteiger partial charge in [-0.25, -0.2) is 4.98 Å². The highest BCUT2D eigenvalue weighted by Gasteiger charge is 2.19. The number of para-hydroxylation sites is 1. The molecule has 2 rings (SSSR count). The van der Waals surface area contributed by atoms with E-state index in [4.69, 9.17) is 15.3 Å². The van der Waals surface area contributed by atoms with Gasteiger partial charge in [0.05, 0.1) is 20.3 Å². The van der Waals surface area contributed by atoms with Crippen molar-refractivity contribution in [2.75, 3.05) is 14.2 Å². The van der Waals surface area contributed by atoms with Crippen molar-refractivity contribution >= 4 is 0 Å². The first kappa shape index (κ1) is 14.4. The van der Waals surface area contributed by atoms with Gasteiger partial charge in [-0.2, -0.15) is 0 Å². The predicted molar refractivity (Wildman–Crippen MR) is 76.5 cm³/mol. The van der Waals surface area contributed by atoms with Gasteiger partial charge in [0, 0.05) is 31.4 Å². The molecule has 1 aromatic carbocycles. The minimum absolute atomic E-state index is 0.110. The number of aryl methyl sites for hydroxylation is 1. The van der Waals surface area contributed by atoms with E-state index in [1.807, 2.05) is 36.0 Å². The number of benzene rings is 1. The van der Waals surface area contributed by atoms with E-state index < -0.39 is 0 Å². The van der Waals surface area contributed by atoms with Crippen molar-refractivity contribution in [3.05, 3.63) is 42.0 Å². The molecule has 0 amide bonds. The van der Waals surface area contributed by atoms with Crippen molar-refractivity contribution in [1.82, 2.24) is 15.0 Å². The van der Waals surface area contributed by atoms with Gasteiger partial charge in [-0.05, 0) is 6.07 Å². The Labute approximate surface area is 118 Å². The van der Waals surface area contributed by atoms with E-state index in [9.17, 15) is 0 Å². The summed E-state index contributed by atoms with van der Waals surface area (Å²) >= 11 is 0. The molecule has 6 nitrogen and oxygen atoms in total. The minimum Gasteiger partial charge on any atom is -0.493 e. The largest absolute Gasteiger partial charge is 0.493 e. The van der Waals surface area contributed by atoms with Gasteiger partial charge in [0.15, 0.2) is 11.5 Å². The molecule has 0 spiro atoms. The van der Waals surface area contributed by atoms with E-state index >= 15 is 0 Å². The third-order valence-corrected chi connectivity index (χ3v) is 3.32. The Morgan fingerprint density at radius 3 is 2.70 bits per heavy atom. The van der Waals surface area contributed by atoms with Crippen LogP contribution < -0.4 is 20.7 Å². The second-order valence-electron chi connectivity index (χ2n) is 4.46. The molecule has 0 aliphatic heterocycles. The van der Waals surface area contributed by atoms with Crippen LogP contribution in [0.3, 0.4) is 0 Å². The summed E-state index contributed by atoms with van der Waals surface area (Å²) in [5.41, 5.74) is 3.76. The highest BCUT2D eigenvalue weighted by molar-refractivity contribution is 5.48. The number of ether oxygens (including phenoxy) is 2. The molecule has 0 aliphatic carbocycles. The van der Waals surface area contributed by atoms with Crippen LogP contribution in [0.1, 0.15) is 17.4 Å². The molecule has 0 radical (unpaired) electrons. The lowest BCUT2D eigenvalue weighted by atomic mass is 10.0. The lowest BCUT2D eigenvalue weighted by Crippen LogP contribution is -2.30. The van der Waals surface area contributed by atoms with Crippen molar-refractivity contribution in [2.24, 2.45) is 12.9 Å². The summed E-state index contributed by atoms with van der Waals surface area (Å²) in [6.45, 7) is 0. The minimum atomic E-state index is -0.110. The standard InChI is InChI=1S/C14H20N4O2/c1-18-8-7-16-13(18)9-11(17-15)10-5-4-6-12(19-2)14(10)20-3/h4-8,11,17H,9,15H2,1-3H3. The van der Waals surface area contributed by atoms with Crippen molar-refractivity contribution < 1.29 is 9.47 Å². The Kier molecular flexibility index (Phi) is 4.60. The Bertz CT molecular complexity index is 568. The quantitative estimate of drug-likeness (QED) is 0.612. The van der Waals surface area contributed by atoms with Crippen molar-refractivity contribution in [3.8, 4) is 11.5 Å². The highest BCUT2D eigenvalue weighted by Crippen LogP contribution is 2.35. The smallest absolute Gasteiger partial charge is 0.165 e. The zero-order valence-corrected chi connectivity index (χ0v) is 12.0. The van der Waals surface area contributed by atoms with E-state index in [0.717, 1.165) is 11.4 Å². The van der Waals surface area contributed by atoms with Crippen LogP contribution in [0.25, 0.3) is 0 Å². The van der Waals surface area contributed by atoms with Gasteiger partial charge in [0.1, 0.15) is 5.82 Å². The third kappa shape index (κ3) is 2.76. The molecule has 1 atom stereocenters. The maximum absolute atomic E-state index is 5.70. The molecule has 1 unspecified atom stereocenters. The zero-order valence-electron chi connectivity index (χ0n) is 12.0. The normalized spacial score (nSPS) is 12.2. The number of nitrogens with zero attached hydrogens (tertiary/aromatic N) is 2. The van der Waals surface area contributed by atoms with Gasteiger partial charge in [0.25, 0.3) is 0 Å². The van der Waals surface area contributed by atoms with Crippen LogP contribution in [-0.2, 0) is 13.5 Å². The number of hydrogen-bond acceptors (Lipinski definition) is 5. The number of aromatic nitrogens is 2. The number of hydrazine groups is 1. The number of hydrogen-bond donors (Lipinski definition) is 2. The fourth-order valence-corrected chi connectivity index (χ4v) is 2.22. The van der Waals surface area contributed by atoms with E-state index in [-0.39, 0.29) is 6.04 Å². The first-order valence-corrected chi connectivity index (χ1v) is 6.34. The number of imidazole rings is 1. The van der Waals surface area contributed by atoms with Crippen LogP contribution in [0.15, 0.2) is 30.6 Å². The highest BCUT2D eigenvalue weighted by atomic mass is 16.5. The van der Waals surface area contributed by atoms with Gasteiger partial charge in [-0.15, -0.1) is 0 Å². The van der Waals surface area contributed by atoms with Gasteiger partial charge in [-0.3, -0.25) is 11.3 Å². The molecule has 0 fully saturated rings. The first-order valence-electron chi connectivity index (χ1n) is 6.34. The van der Waals surface area contributed by atoms with E-state index in [2.05, 4.69) is 10.4 Å². The molecule has 1 aromatic heterocycles. The molecule has 6 heteroatoms. The van der Waals surface area contributed by atoms with Crippen LogP contribution in [0.2, 0.25) is 0 Å². The number of rotatable bonds is 6. The monoisotopic (exact) mass is 276 g/mol. The van der Waals surface area contributed by atoms with E-state index in [1.54, 1.807) is 20.4 Å². The topological polar surface area (TPSA) is 74.3 Å². The number of methoxy groups -OCH3 is 2. The summed E-state index contributed by atoms with van der Waals surface area (Å²) in [6, 6.07) is 5.63. The number of nitrogens with two attached hydrogens (primary N) is 1. The maximum Gasteiger partial charge on any atom is 0.165 e. The molecule has 20 heavy (non-hydrogen) atoms. The lowest BCUT2D eigenvalue weighted by Gasteiger charge is -2.20. The fraction of sp³-hybridized carbons (Fsp3) is 0.357. The van der Waals surface area contributed by atoms with Crippen LogP contribution in [0.5, 0.6) is 11.5 Å². The summed E-state index contributed by atoms with van der Waals surface area (Å²) in [5.74, 6) is 8.02. The van der Waals surface area contributed by atoms with Gasteiger partial charge in [-0.1, -0.05) is 12.1 Å². The number of nitrogens with one attached hydrogen (secondary N) is 1. The second kappa shape index (κ2) is 6.40. The molecular weight excluding hydrogens is 256 g/mol. The van der Waals surface area contributed by atoms with Crippen LogP contribution in [0, 0.1) is 0 Å². The van der Waals surface area contributed by atoms with E-state index in [1.165, 1.54) is 0 Å². The van der Waals surface area contributed by atoms with Crippen LogP contribution in [0.4, 0.5) is 0 Å². The van der Waals surface area contributed by atoms with Gasteiger partial charge < -0.3 is 14.0 Å². The van der Waals surface area contributed by atoms with Crippen molar-refractivity contribution in [2.45, 2.75) is 12.5 Å². The summed E-state index contributed by atoms with van der Waals surface area (Å²) in [4.78, 5) is 4.32. The molecule has 0 bridgehead atoms. The molecule has 0 saturated carbocycles. The van der Waals surface area contributed by atoms with Gasteiger partial charge >= 0.3 is 0 Å². The Hall–Kier alpha value is -2.05. The second-order valence-corrected chi connectivity index (χ2v) is 4.46. The van der Waals surface area contributed by atoms with Gasteiger partial charge in [0.2, 0.25) is 0 Å². The predicted octanol–water partition coefficient (Wildman–Crippen LogP) is 1.18. The molecule has 0 aliphatic rings. The SMILES string of the molecule is COc1cccc(C(Cc2nccn2C)NN)c1OC. The molecule has 2 aromatic rings. The third-order valence-electron chi connectivity index (χ3n) is 3.32. The van der Waals surface area contributed by atoms with Crippen LogP contribution >= 0.6 is 0 Å². The molecule has 108 valence electrons. The Morgan fingerprint density at radius 1 is 1.35 bits per heavy atom. The summed E-state index contributed by atoms with van der Waals surface area (Å²) < 4.78 is 12.7. The summed E-state index contributed by atoms with van der Waals surface area (Å²) in [6.07, 6.45) is 4.33. The molecular formula is C14H20N4O2. The Morgan fingerprint density at radius 2 is 2.15 bits per heavy atom. The average Bonchev–Trinajstić information content (AvgIpc) is 2.88. The molecule has 3 N–H and O–H groups in total. The summed E-state index contributed by atoms with van der Waals surface area (Å²) in [7, 11) is 5.19. The van der Waals surface area contributed by atoms with Crippen molar-refractivity contribution in [3.63, 3.8) is 0 Å².